The number of nitrogens with zero attached hydrogens (tertiary/aromatic N) is 2. The predicted molar refractivity (Wildman–Crippen MR) is 101 cm³/mol. The van der Waals surface area contributed by atoms with E-state index in [-0.39, 0.29) is 48.3 Å². The third kappa shape index (κ3) is 5.10. The Kier molecular flexibility index (Phi) is 8.54. The molecule has 1 aromatic heterocycles. The summed E-state index contributed by atoms with van der Waals surface area (Å²) in [5, 5.41) is 13.3. The average Bonchev–Trinajstić information content (AvgIpc) is 3.20. The van der Waals surface area contributed by atoms with Gasteiger partial charge in [0.25, 0.3) is 0 Å². The standard InChI is InChI=1S/C16H25N3O4.HI/c1-4-17-16(18-8-13(20)14-6-5-7-23-14)19-9-11(2)12(10-19)15(21)22-3;/h5-7,11-13,20H,4,8-10H2,1-3H3,(H,17,18);1H. The molecule has 2 N–H and O–H groups in total. The summed E-state index contributed by atoms with van der Waals surface area (Å²) in [4.78, 5) is 18.3. The normalized spacial score (nSPS) is 22.0. The first-order valence-corrected chi connectivity index (χ1v) is 7.89. The number of hydrogen-bond acceptors (Lipinski definition) is 5. The van der Waals surface area contributed by atoms with Gasteiger partial charge in [-0.3, -0.25) is 4.79 Å². The number of furan rings is 1. The molecule has 1 aliphatic heterocycles. The van der Waals surface area contributed by atoms with Crippen LogP contribution in [-0.4, -0.2) is 55.2 Å². The number of carbonyl (C=O) groups excluding carboxylic acids is 1. The van der Waals surface area contributed by atoms with E-state index in [4.69, 9.17) is 9.15 Å². The van der Waals surface area contributed by atoms with Gasteiger partial charge in [-0.2, -0.15) is 0 Å². The lowest BCUT2D eigenvalue weighted by Gasteiger charge is -2.21. The summed E-state index contributed by atoms with van der Waals surface area (Å²) >= 11 is 0. The van der Waals surface area contributed by atoms with Crippen molar-refractivity contribution in [3.05, 3.63) is 24.2 Å². The predicted octanol–water partition coefficient (Wildman–Crippen LogP) is 1.64. The molecule has 8 heteroatoms. The van der Waals surface area contributed by atoms with E-state index in [9.17, 15) is 9.90 Å². The van der Waals surface area contributed by atoms with E-state index < -0.39 is 6.10 Å². The molecule has 1 aromatic rings. The van der Waals surface area contributed by atoms with Crippen molar-refractivity contribution in [3.63, 3.8) is 0 Å². The Balaban J connectivity index is 0.00000288. The number of likely N-dealkylation sites (tertiary alicyclic amines) is 1. The molecular formula is C16H26IN3O4. The third-order valence-corrected chi connectivity index (χ3v) is 4.04. The van der Waals surface area contributed by atoms with Gasteiger partial charge in [0.15, 0.2) is 5.96 Å². The van der Waals surface area contributed by atoms with Gasteiger partial charge in [-0.25, -0.2) is 4.99 Å². The monoisotopic (exact) mass is 451 g/mol. The Labute approximate surface area is 159 Å². The van der Waals surface area contributed by atoms with Gasteiger partial charge in [-0.1, -0.05) is 6.92 Å². The van der Waals surface area contributed by atoms with E-state index in [1.54, 1.807) is 12.1 Å². The largest absolute Gasteiger partial charge is 0.469 e. The smallest absolute Gasteiger partial charge is 0.310 e. The fourth-order valence-corrected chi connectivity index (χ4v) is 2.77. The molecule has 2 heterocycles. The number of carbonyl (C=O) groups is 1. The first-order chi connectivity index (χ1) is 11.1. The zero-order valence-electron chi connectivity index (χ0n) is 14.3. The number of aliphatic hydroxyl groups is 1. The molecule has 0 aromatic carbocycles. The number of aliphatic imine (C=N–C) groups is 1. The van der Waals surface area contributed by atoms with Crippen LogP contribution in [0.5, 0.6) is 0 Å². The average molecular weight is 451 g/mol. The van der Waals surface area contributed by atoms with Gasteiger partial charge in [0, 0.05) is 19.6 Å². The highest BCUT2D eigenvalue weighted by Crippen LogP contribution is 2.24. The van der Waals surface area contributed by atoms with Gasteiger partial charge < -0.3 is 24.5 Å². The molecule has 0 amide bonds. The second-order valence-electron chi connectivity index (χ2n) is 5.74. The van der Waals surface area contributed by atoms with Crippen LogP contribution in [-0.2, 0) is 9.53 Å². The van der Waals surface area contributed by atoms with Crippen LogP contribution in [0.1, 0.15) is 25.7 Å². The van der Waals surface area contributed by atoms with E-state index in [2.05, 4.69) is 10.3 Å². The van der Waals surface area contributed by atoms with Gasteiger partial charge in [0.05, 0.1) is 25.8 Å². The number of ether oxygens (including phenoxy) is 1. The summed E-state index contributed by atoms with van der Waals surface area (Å²) in [6, 6.07) is 3.45. The minimum Gasteiger partial charge on any atom is -0.469 e. The summed E-state index contributed by atoms with van der Waals surface area (Å²) < 4.78 is 10.0. The second kappa shape index (κ2) is 9.87. The Morgan fingerprint density at radius 1 is 1.58 bits per heavy atom. The molecule has 0 spiro atoms. The molecule has 0 aliphatic carbocycles. The molecule has 1 saturated heterocycles. The van der Waals surface area contributed by atoms with Gasteiger partial charge in [0.1, 0.15) is 11.9 Å². The van der Waals surface area contributed by atoms with Crippen LogP contribution >= 0.6 is 24.0 Å². The van der Waals surface area contributed by atoms with Gasteiger partial charge in [0.2, 0.25) is 0 Å². The van der Waals surface area contributed by atoms with Crippen LogP contribution in [0.2, 0.25) is 0 Å². The van der Waals surface area contributed by atoms with Crippen molar-refractivity contribution < 1.29 is 19.1 Å². The molecule has 3 unspecified atom stereocenters. The summed E-state index contributed by atoms with van der Waals surface area (Å²) in [6.07, 6.45) is 0.742. The third-order valence-electron chi connectivity index (χ3n) is 4.04. The minimum absolute atomic E-state index is 0. The number of halogens is 1. The molecule has 1 aliphatic rings. The quantitative estimate of drug-likeness (QED) is 0.307. The van der Waals surface area contributed by atoms with Crippen molar-refractivity contribution >= 4 is 35.9 Å². The van der Waals surface area contributed by atoms with Crippen molar-refractivity contribution in [2.75, 3.05) is 33.3 Å². The highest BCUT2D eigenvalue weighted by molar-refractivity contribution is 14.0. The minimum atomic E-state index is -0.782. The van der Waals surface area contributed by atoms with Crippen LogP contribution in [0.4, 0.5) is 0 Å². The Hall–Kier alpha value is -1.29. The lowest BCUT2D eigenvalue weighted by atomic mass is 9.99. The lowest BCUT2D eigenvalue weighted by Crippen LogP contribution is -2.41. The lowest BCUT2D eigenvalue weighted by molar-refractivity contribution is -0.145. The maximum absolute atomic E-state index is 11.8. The first kappa shape index (κ1) is 20.8. The van der Waals surface area contributed by atoms with Crippen molar-refractivity contribution in [1.29, 1.82) is 0 Å². The van der Waals surface area contributed by atoms with Crippen LogP contribution < -0.4 is 5.32 Å². The molecule has 24 heavy (non-hydrogen) atoms. The van der Waals surface area contributed by atoms with E-state index in [0.29, 0.717) is 24.8 Å². The number of methoxy groups -OCH3 is 1. The number of hydrogen-bond donors (Lipinski definition) is 2. The van der Waals surface area contributed by atoms with E-state index in [1.165, 1.54) is 13.4 Å². The maximum Gasteiger partial charge on any atom is 0.310 e. The van der Waals surface area contributed by atoms with Gasteiger partial charge in [-0.15, -0.1) is 24.0 Å². The van der Waals surface area contributed by atoms with Gasteiger partial charge in [-0.05, 0) is 25.0 Å². The highest BCUT2D eigenvalue weighted by atomic mass is 127. The van der Waals surface area contributed by atoms with Crippen molar-refractivity contribution in [1.82, 2.24) is 10.2 Å². The molecule has 1 fully saturated rings. The number of guanidine groups is 1. The number of nitrogens with one attached hydrogen (secondary N) is 1. The summed E-state index contributed by atoms with van der Waals surface area (Å²) in [6.45, 7) is 6.21. The van der Waals surface area contributed by atoms with E-state index in [0.717, 1.165) is 6.54 Å². The SMILES string of the molecule is CCNC(=NCC(O)c1ccco1)N1CC(C)C(C(=O)OC)C1.I. The first-order valence-electron chi connectivity index (χ1n) is 7.89. The Morgan fingerprint density at radius 2 is 2.33 bits per heavy atom. The number of rotatable bonds is 5. The van der Waals surface area contributed by atoms with E-state index in [1.807, 2.05) is 18.7 Å². The molecule has 7 nitrogen and oxygen atoms in total. The molecule has 0 radical (unpaired) electrons. The maximum atomic E-state index is 11.8. The van der Waals surface area contributed by atoms with Crippen LogP contribution in [0, 0.1) is 11.8 Å². The Bertz CT molecular complexity index is 535. The molecular weight excluding hydrogens is 425 g/mol. The Morgan fingerprint density at radius 3 is 2.92 bits per heavy atom. The molecule has 2 rings (SSSR count). The summed E-state index contributed by atoms with van der Waals surface area (Å²) in [5.41, 5.74) is 0. The fraction of sp³-hybridized carbons (Fsp3) is 0.625. The van der Waals surface area contributed by atoms with Crippen LogP contribution in [0.3, 0.4) is 0 Å². The van der Waals surface area contributed by atoms with Crippen molar-refractivity contribution in [2.45, 2.75) is 20.0 Å². The number of esters is 1. The zero-order chi connectivity index (χ0) is 16.8. The van der Waals surface area contributed by atoms with E-state index >= 15 is 0 Å². The van der Waals surface area contributed by atoms with Crippen molar-refractivity contribution in [3.8, 4) is 0 Å². The molecule has 3 atom stereocenters. The van der Waals surface area contributed by atoms with Crippen LogP contribution in [0.25, 0.3) is 0 Å². The van der Waals surface area contributed by atoms with Crippen molar-refractivity contribution in [2.24, 2.45) is 16.8 Å². The molecule has 136 valence electrons. The fourth-order valence-electron chi connectivity index (χ4n) is 2.77. The second-order valence-corrected chi connectivity index (χ2v) is 5.74. The van der Waals surface area contributed by atoms with Gasteiger partial charge >= 0.3 is 5.97 Å². The molecule has 0 saturated carbocycles. The summed E-state index contributed by atoms with van der Waals surface area (Å²) in [5.74, 6) is 1.04. The molecule has 0 bridgehead atoms. The van der Waals surface area contributed by atoms with Crippen LogP contribution in [0.15, 0.2) is 27.8 Å². The zero-order valence-corrected chi connectivity index (χ0v) is 16.6. The topological polar surface area (TPSA) is 87.3 Å². The number of aliphatic hydroxyl groups excluding tert-OH is 1. The highest BCUT2D eigenvalue weighted by Gasteiger charge is 2.36. The summed E-state index contributed by atoms with van der Waals surface area (Å²) in [7, 11) is 1.41.